The number of nitrogen functional groups attached to an aromatic ring is 1. The summed E-state index contributed by atoms with van der Waals surface area (Å²) in [6.45, 7) is 12.3. The van der Waals surface area contributed by atoms with E-state index < -0.39 is 21.4 Å². The van der Waals surface area contributed by atoms with Crippen LogP contribution in [0.1, 0.15) is 33.3 Å². The highest BCUT2D eigenvalue weighted by atomic mass is 35.5. The van der Waals surface area contributed by atoms with E-state index in [0.717, 1.165) is 5.57 Å². The zero-order chi connectivity index (χ0) is 33.8. The summed E-state index contributed by atoms with van der Waals surface area (Å²) in [6, 6.07) is 3.08. The van der Waals surface area contributed by atoms with Crippen molar-refractivity contribution in [3.63, 3.8) is 0 Å². The van der Waals surface area contributed by atoms with Crippen molar-refractivity contribution in [1.29, 1.82) is 5.26 Å². The van der Waals surface area contributed by atoms with Gasteiger partial charge in [0.15, 0.2) is 5.82 Å². The van der Waals surface area contributed by atoms with Gasteiger partial charge in [-0.1, -0.05) is 66.8 Å². The molecule has 1 unspecified atom stereocenters. The van der Waals surface area contributed by atoms with Crippen LogP contribution in [0.4, 0.5) is 15.8 Å². The number of carbonyl (C=O) groups is 1. The first-order chi connectivity index (χ1) is 21.7. The van der Waals surface area contributed by atoms with Gasteiger partial charge in [0, 0.05) is 36.6 Å². The quantitative estimate of drug-likeness (QED) is 0.129. The normalized spacial score (nSPS) is 18.3. The van der Waals surface area contributed by atoms with E-state index in [1.54, 1.807) is 17.2 Å². The number of fused-ring (bicyclic) bond motifs is 1. The molecule has 2 aromatic heterocycles. The number of nitriles is 1. The van der Waals surface area contributed by atoms with Crippen LogP contribution in [0.2, 0.25) is 20.1 Å². The molecule has 2 aliphatic heterocycles. The maximum absolute atomic E-state index is 15.1. The van der Waals surface area contributed by atoms with Crippen LogP contribution in [0, 0.1) is 23.1 Å². The van der Waals surface area contributed by atoms with Crippen molar-refractivity contribution in [2.45, 2.75) is 39.8 Å². The summed E-state index contributed by atoms with van der Waals surface area (Å²) in [5, 5.41) is 13.0. The number of carbonyl (C=O) groups excluding carboxylic acids is 1. The topological polar surface area (TPSA) is 120 Å². The lowest BCUT2D eigenvalue weighted by Crippen LogP contribution is -2.54. The third-order valence-electron chi connectivity index (χ3n) is 8.35. The molecule has 46 heavy (non-hydrogen) atoms. The molecule has 0 aliphatic carbocycles. The zero-order valence-electron chi connectivity index (χ0n) is 25.4. The molecule has 2 aliphatic rings. The Morgan fingerprint density at radius 2 is 1.93 bits per heavy atom. The van der Waals surface area contributed by atoms with Gasteiger partial charge in [0.2, 0.25) is 5.91 Å². The van der Waals surface area contributed by atoms with Crippen molar-refractivity contribution in [2.24, 2.45) is 5.92 Å². The number of nitrogens with two attached hydrogens (primary N) is 1. The molecule has 1 saturated heterocycles. The number of hydrogen-bond donors (Lipinski definition) is 2. The number of pyridine rings is 2. The van der Waals surface area contributed by atoms with E-state index in [0.29, 0.717) is 36.4 Å². The van der Waals surface area contributed by atoms with Crippen LogP contribution in [0.15, 0.2) is 41.4 Å². The van der Waals surface area contributed by atoms with Gasteiger partial charge in [0.05, 0.1) is 48.9 Å². The van der Waals surface area contributed by atoms with Crippen molar-refractivity contribution in [3.05, 3.63) is 78.4 Å². The molecule has 1 aromatic carbocycles. The first-order valence-electron chi connectivity index (χ1n) is 14.4. The standard InChI is InChI=1S/C32H30Cl4FN7O2/c1-6-20(45)43-10-9-42(13-16(43)5)30-17-11-19(33)28(21-22(34)25(37)23(35)24(36)26(21)39)41-31(17)44(32(46)18(30)12-38)29-15(4)7-8-40-27(29)14(2)3/h6-8,11,14,16,27,40H,1,9-10,13,39H2,2-5H3/t16-,27?/m1/s1. The van der Waals surface area contributed by atoms with Crippen molar-refractivity contribution in [3.8, 4) is 17.3 Å². The van der Waals surface area contributed by atoms with Gasteiger partial charge in [0.25, 0.3) is 5.56 Å². The summed E-state index contributed by atoms with van der Waals surface area (Å²) >= 11 is 25.6. The van der Waals surface area contributed by atoms with E-state index in [1.807, 2.05) is 38.7 Å². The second-order valence-electron chi connectivity index (χ2n) is 11.5. The lowest BCUT2D eigenvalue weighted by molar-refractivity contribution is -0.128. The zero-order valence-corrected chi connectivity index (χ0v) is 28.4. The molecule has 2 atom stereocenters. The van der Waals surface area contributed by atoms with E-state index in [-0.39, 0.29) is 62.1 Å². The van der Waals surface area contributed by atoms with E-state index >= 15 is 4.39 Å². The molecular formula is C32H30Cl4FN7O2. The van der Waals surface area contributed by atoms with Crippen LogP contribution in [-0.4, -0.2) is 52.1 Å². The fraction of sp³-hybridized carbons (Fsp3) is 0.312. The summed E-state index contributed by atoms with van der Waals surface area (Å²) < 4.78 is 16.5. The molecular weight excluding hydrogens is 675 g/mol. The van der Waals surface area contributed by atoms with Crippen molar-refractivity contribution >= 4 is 80.4 Å². The third-order valence-corrected chi connectivity index (χ3v) is 9.83. The van der Waals surface area contributed by atoms with E-state index in [9.17, 15) is 14.9 Å². The van der Waals surface area contributed by atoms with E-state index in [4.69, 9.17) is 57.1 Å². The van der Waals surface area contributed by atoms with Gasteiger partial charge < -0.3 is 20.9 Å². The summed E-state index contributed by atoms with van der Waals surface area (Å²) in [4.78, 5) is 35.4. The number of hydrogen-bond acceptors (Lipinski definition) is 7. The molecule has 4 heterocycles. The number of anilines is 2. The van der Waals surface area contributed by atoms with Crippen molar-refractivity contribution in [2.75, 3.05) is 30.3 Å². The Bertz CT molecular complexity index is 1950. The average Bonchev–Trinajstić information content (AvgIpc) is 3.02. The van der Waals surface area contributed by atoms with E-state index in [2.05, 4.69) is 18.0 Å². The van der Waals surface area contributed by atoms with Gasteiger partial charge in [-0.15, -0.1) is 0 Å². The van der Waals surface area contributed by atoms with Crippen LogP contribution in [0.25, 0.3) is 28.0 Å². The molecule has 1 amide bonds. The Morgan fingerprint density at radius 3 is 2.54 bits per heavy atom. The summed E-state index contributed by atoms with van der Waals surface area (Å²) in [5.74, 6) is -1.21. The number of aromatic nitrogens is 2. The Hall–Kier alpha value is -3.75. The minimum absolute atomic E-state index is 0.00974. The monoisotopic (exact) mass is 703 g/mol. The maximum Gasteiger partial charge on any atom is 0.276 e. The number of allylic oxidation sites excluding steroid dienone is 2. The molecule has 3 N–H and O–H groups in total. The average molecular weight is 705 g/mol. The maximum atomic E-state index is 15.1. The Kier molecular flexibility index (Phi) is 9.35. The van der Waals surface area contributed by atoms with Crippen LogP contribution in [0.5, 0.6) is 0 Å². The number of dihydropyridines is 1. The van der Waals surface area contributed by atoms with Gasteiger partial charge in [-0.2, -0.15) is 5.26 Å². The second kappa shape index (κ2) is 12.8. The van der Waals surface area contributed by atoms with Gasteiger partial charge in [-0.3, -0.25) is 14.2 Å². The molecule has 14 heteroatoms. The number of piperazine rings is 1. The van der Waals surface area contributed by atoms with E-state index in [1.165, 1.54) is 10.6 Å². The van der Waals surface area contributed by atoms with Crippen LogP contribution < -0.4 is 21.5 Å². The molecule has 0 saturated carbocycles. The number of amides is 1. The molecule has 1 fully saturated rings. The van der Waals surface area contributed by atoms with Crippen LogP contribution >= 0.6 is 46.4 Å². The van der Waals surface area contributed by atoms with Gasteiger partial charge in [0.1, 0.15) is 17.3 Å². The number of halogens is 5. The number of rotatable bonds is 5. The molecule has 5 rings (SSSR count). The minimum atomic E-state index is -1.01. The largest absolute Gasteiger partial charge is 0.397 e. The summed E-state index contributed by atoms with van der Waals surface area (Å²) in [6.07, 6.45) is 4.88. The lowest BCUT2D eigenvalue weighted by Gasteiger charge is -2.41. The summed E-state index contributed by atoms with van der Waals surface area (Å²) in [7, 11) is 0. The Balaban J connectivity index is 1.91. The highest BCUT2D eigenvalue weighted by molar-refractivity contribution is 6.46. The fourth-order valence-corrected chi connectivity index (χ4v) is 7.05. The van der Waals surface area contributed by atoms with Crippen molar-refractivity contribution < 1.29 is 9.18 Å². The third kappa shape index (κ3) is 5.39. The minimum Gasteiger partial charge on any atom is -0.397 e. The predicted molar refractivity (Wildman–Crippen MR) is 184 cm³/mol. The molecule has 0 bridgehead atoms. The smallest absolute Gasteiger partial charge is 0.276 e. The molecule has 0 spiro atoms. The SMILES string of the molecule is C=CC(=O)N1CCN(c2c(C#N)c(=O)n(C3=C(C)C=CNC3C(C)C)c3nc(-c4c(N)c(Cl)c(Cl)c(F)c4Cl)c(Cl)cc23)C[C@H]1C. The molecule has 0 radical (unpaired) electrons. The van der Waals surface area contributed by atoms with Gasteiger partial charge in [-0.05, 0) is 49.8 Å². The van der Waals surface area contributed by atoms with Crippen LogP contribution in [0.3, 0.4) is 0 Å². The first kappa shape index (κ1) is 33.6. The second-order valence-corrected chi connectivity index (χ2v) is 13.1. The lowest BCUT2D eigenvalue weighted by atomic mass is 9.94. The number of benzene rings is 1. The highest BCUT2D eigenvalue weighted by Crippen LogP contribution is 2.47. The Morgan fingerprint density at radius 1 is 1.24 bits per heavy atom. The van der Waals surface area contributed by atoms with Gasteiger partial charge in [-0.25, -0.2) is 9.37 Å². The van der Waals surface area contributed by atoms with Crippen LogP contribution in [-0.2, 0) is 4.79 Å². The fourth-order valence-electron chi connectivity index (χ4n) is 6.09. The van der Waals surface area contributed by atoms with Gasteiger partial charge >= 0.3 is 0 Å². The molecule has 240 valence electrons. The Labute approximate surface area is 285 Å². The summed E-state index contributed by atoms with van der Waals surface area (Å²) in [5.41, 5.74) is 7.07. The number of nitrogens with one attached hydrogen (secondary N) is 1. The highest BCUT2D eigenvalue weighted by Gasteiger charge is 2.34. The predicted octanol–water partition coefficient (Wildman–Crippen LogP) is 6.87. The molecule has 9 nitrogen and oxygen atoms in total. The molecule has 3 aromatic rings. The first-order valence-corrected chi connectivity index (χ1v) is 15.9. The number of nitrogens with zero attached hydrogens (tertiary/aromatic N) is 5. The van der Waals surface area contributed by atoms with Crippen molar-refractivity contribution in [1.82, 2.24) is 19.8 Å².